The molecule has 1 aromatic carbocycles. The van der Waals surface area contributed by atoms with Gasteiger partial charge in [-0.25, -0.2) is 0 Å². The quantitative estimate of drug-likeness (QED) is 0.864. The van der Waals surface area contributed by atoms with Gasteiger partial charge in [0.2, 0.25) is 5.91 Å². The average Bonchev–Trinajstić information content (AvgIpc) is 3.00. The monoisotopic (exact) mass is 258 g/mol. The van der Waals surface area contributed by atoms with E-state index in [9.17, 15) is 4.79 Å². The highest BCUT2D eigenvalue weighted by Crippen LogP contribution is 2.47. The van der Waals surface area contributed by atoms with Crippen LogP contribution in [0.25, 0.3) is 0 Å². The summed E-state index contributed by atoms with van der Waals surface area (Å²) in [6.07, 6.45) is 4.47. The van der Waals surface area contributed by atoms with E-state index in [4.69, 9.17) is 5.73 Å². The van der Waals surface area contributed by atoms with Gasteiger partial charge in [0.15, 0.2) is 0 Å². The highest BCUT2D eigenvalue weighted by atomic mass is 16.1. The minimum atomic E-state index is 0.0644. The Morgan fingerprint density at radius 3 is 2.63 bits per heavy atom. The van der Waals surface area contributed by atoms with Crippen molar-refractivity contribution in [3.8, 4) is 0 Å². The molecule has 4 unspecified atom stereocenters. The highest BCUT2D eigenvalue weighted by molar-refractivity contribution is 5.80. The largest absolute Gasteiger partial charge is 0.355 e. The van der Waals surface area contributed by atoms with Gasteiger partial charge >= 0.3 is 0 Å². The second kappa shape index (κ2) is 5.33. The number of benzene rings is 1. The standard InChI is InChI=1S/C16H22N2O/c17-15-13-7-6-12(10-13)14(15)16(19)18-9-8-11-4-2-1-3-5-11/h1-5,12-15H,6-10,17H2,(H,18,19). The van der Waals surface area contributed by atoms with Crippen LogP contribution < -0.4 is 11.1 Å². The summed E-state index contributed by atoms with van der Waals surface area (Å²) in [5.41, 5.74) is 7.45. The van der Waals surface area contributed by atoms with Gasteiger partial charge in [0, 0.05) is 12.6 Å². The van der Waals surface area contributed by atoms with E-state index in [0.717, 1.165) is 12.8 Å². The van der Waals surface area contributed by atoms with Crippen molar-refractivity contribution in [3.05, 3.63) is 35.9 Å². The topological polar surface area (TPSA) is 55.1 Å². The predicted molar refractivity (Wildman–Crippen MR) is 75.5 cm³/mol. The molecule has 1 aromatic rings. The number of nitrogens with one attached hydrogen (secondary N) is 1. The Labute approximate surface area is 114 Å². The third-order valence-electron chi connectivity index (χ3n) is 4.84. The van der Waals surface area contributed by atoms with Crippen molar-refractivity contribution in [2.24, 2.45) is 23.5 Å². The zero-order valence-electron chi connectivity index (χ0n) is 11.2. The molecular formula is C16H22N2O. The fraction of sp³-hybridized carbons (Fsp3) is 0.562. The molecule has 2 fully saturated rings. The Morgan fingerprint density at radius 1 is 1.21 bits per heavy atom. The van der Waals surface area contributed by atoms with Crippen molar-refractivity contribution >= 4 is 5.91 Å². The van der Waals surface area contributed by atoms with Crippen LogP contribution in [0.4, 0.5) is 0 Å². The van der Waals surface area contributed by atoms with Crippen molar-refractivity contribution in [1.82, 2.24) is 5.32 Å². The zero-order chi connectivity index (χ0) is 13.2. The molecule has 19 heavy (non-hydrogen) atoms. The number of fused-ring (bicyclic) bond motifs is 2. The summed E-state index contributed by atoms with van der Waals surface area (Å²) in [6.45, 7) is 0.712. The van der Waals surface area contributed by atoms with Crippen molar-refractivity contribution in [2.45, 2.75) is 31.7 Å². The Balaban J connectivity index is 1.49. The van der Waals surface area contributed by atoms with Crippen LogP contribution in [0.1, 0.15) is 24.8 Å². The summed E-state index contributed by atoms with van der Waals surface area (Å²) < 4.78 is 0. The highest BCUT2D eigenvalue weighted by Gasteiger charge is 2.48. The lowest BCUT2D eigenvalue weighted by Crippen LogP contribution is -2.45. The van der Waals surface area contributed by atoms with Gasteiger partial charge in [-0.3, -0.25) is 4.79 Å². The fourth-order valence-corrected chi connectivity index (χ4v) is 3.82. The van der Waals surface area contributed by atoms with E-state index in [1.165, 1.54) is 18.4 Å². The van der Waals surface area contributed by atoms with Gasteiger partial charge in [0.25, 0.3) is 0 Å². The smallest absolute Gasteiger partial charge is 0.224 e. The molecule has 0 aliphatic heterocycles. The number of rotatable bonds is 4. The first-order valence-electron chi connectivity index (χ1n) is 7.33. The van der Waals surface area contributed by atoms with E-state index < -0.39 is 0 Å². The molecule has 2 bridgehead atoms. The van der Waals surface area contributed by atoms with Gasteiger partial charge < -0.3 is 11.1 Å². The lowest BCUT2D eigenvalue weighted by atomic mass is 9.84. The maximum absolute atomic E-state index is 12.2. The number of hydrogen-bond donors (Lipinski definition) is 2. The molecule has 3 rings (SSSR count). The second-order valence-corrected chi connectivity index (χ2v) is 5.96. The van der Waals surface area contributed by atoms with E-state index in [1.807, 2.05) is 18.2 Å². The Kier molecular flexibility index (Phi) is 3.56. The van der Waals surface area contributed by atoms with E-state index in [1.54, 1.807) is 0 Å². The predicted octanol–water partition coefficient (Wildman–Crippen LogP) is 1.72. The van der Waals surface area contributed by atoms with Gasteiger partial charge in [0.1, 0.15) is 0 Å². The molecule has 0 saturated heterocycles. The molecule has 0 spiro atoms. The SMILES string of the molecule is NC1C2CCC(C2)C1C(=O)NCCc1ccccc1. The van der Waals surface area contributed by atoms with E-state index in [0.29, 0.717) is 18.4 Å². The first-order valence-corrected chi connectivity index (χ1v) is 7.33. The third-order valence-corrected chi connectivity index (χ3v) is 4.84. The van der Waals surface area contributed by atoms with Crippen LogP contribution in [0.2, 0.25) is 0 Å². The summed E-state index contributed by atoms with van der Waals surface area (Å²) in [4.78, 5) is 12.2. The molecule has 1 amide bonds. The van der Waals surface area contributed by atoms with E-state index in [-0.39, 0.29) is 17.9 Å². The number of hydrogen-bond acceptors (Lipinski definition) is 2. The summed E-state index contributed by atoms with van der Waals surface area (Å²) in [6, 6.07) is 10.4. The van der Waals surface area contributed by atoms with Crippen LogP contribution in [0.3, 0.4) is 0 Å². The lowest BCUT2D eigenvalue weighted by molar-refractivity contribution is -0.127. The zero-order valence-corrected chi connectivity index (χ0v) is 11.2. The molecule has 0 aromatic heterocycles. The summed E-state index contributed by atoms with van der Waals surface area (Å²) in [7, 11) is 0. The number of nitrogens with two attached hydrogens (primary N) is 1. The molecule has 2 aliphatic carbocycles. The molecule has 2 saturated carbocycles. The average molecular weight is 258 g/mol. The van der Waals surface area contributed by atoms with E-state index in [2.05, 4.69) is 17.4 Å². The number of carbonyl (C=O) groups is 1. The Bertz CT molecular complexity index is 443. The minimum absolute atomic E-state index is 0.0644. The van der Waals surface area contributed by atoms with Crippen molar-refractivity contribution in [2.75, 3.05) is 6.54 Å². The van der Waals surface area contributed by atoms with Gasteiger partial charge in [-0.05, 0) is 43.1 Å². The molecule has 3 nitrogen and oxygen atoms in total. The van der Waals surface area contributed by atoms with E-state index >= 15 is 0 Å². The van der Waals surface area contributed by atoms with Crippen LogP contribution in [0, 0.1) is 17.8 Å². The lowest BCUT2D eigenvalue weighted by Gasteiger charge is -2.27. The van der Waals surface area contributed by atoms with Gasteiger partial charge in [-0.15, -0.1) is 0 Å². The van der Waals surface area contributed by atoms with Crippen molar-refractivity contribution in [3.63, 3.8) is 0 Å². The Hall–Kier alpha value is -1.35. The maximum atomic E-state index is 12.2. The van der Waals surface area contributed by atoms with Crippen molar-refractivity contribution in [1.29, 1.82) is 0 Å². The third kappa shape index (κ3) is 2.52. The fourth-order valence-electron chi connectivity index (χ4n) is 3.82. The van der Waals surface area contributed by atoms with Crippen LogP contribution in [-0.2, 0) is 11.2 Å². The summed E-state index contributed by atoms with van der Waals surface area (Å²) in [5, 5.41) is 3.07. The number of carbonyl (C=O) groups excluding carboxylic acids is 1. The molecule has 0 radical (unpaired) electrons. The normalized spacial score (nSPS) is 32.5. The summed E-state index contributed by atoms with van der Waals surface area (Å²) in [5.74, 6) is 1.37. The van der Waals surface area contributed by atoms with Crippen LogP contribution in [0.15, 0.2) is 30.3 Å². The van der Waals surface area contributed by atoms with Gasteiger partial charge in [0.05, 0.1) is 5.92 Å². The first kappa shape index (κ1) is 12.7. The molecule has 0 heterocycles. The molecule has 3 N–H and O–H groups in total. The molecular weight excluding hydrogens is 236 g/mol. The summed E-state index contributed by atoms with van der Waals surface area (Å²) >= 11 is 0. The molecule has 3 heteroatoms. The van der Waals surface area contributed by atoms with Gasteiger partial charge in [-0.2, -0.15) is 0 Å². The van der Waals surface area contributed by atoms with Gasteiger partial charge in [-0.1, -0.05) is 30.3 Å². The minimum Gasteiger partial charge on any atom is -0.355 e. The maximum Gasteiger partial charge on any atom is 0.224 e. The number of amides is 1. The Morgan fingerprint density at radius 2 is 1.95 bits per heavy atom. The van der Waals surface area contributed by atoms with Crippen molar-refractivity contribution < 1.29 is 4.79 Å². The van der Waals surface area contributed by atoms with Crippen LogP contribution in [-0.4, -0.2) is 18.5 Å². The molecule has 102 valence electrons. The van der Waals surface area contributed by atoms with Crippen LogP contribution >= 0.6 is 0 Å². The van der Waals surface area contributed by atoms with Crippen LogP contribution in [0.5, 0.6) is 0 Å². The molecule has 2 aliphatic rings. The first-order chi connectivity index (χ1) is 9.25. The molecule has 4 atom stereocenters. The second-order valence-electron chi connectivity index (χ2n) is 5.96.